The Morgan fingerprint density at radius 1 is 1.08 bits per heavy atom. The van der Waals surface area contributed by atoms with E-state index in [-0.39, 0.29) is 12.7 Å². The van der Waals surface area contributed by atoms with Gasteiger partial charge in [-0.3, -0.25) is 4.79 Å². The van der Waals surface area contributed by atoms with Crippen LogP contribution in [0.2, 0.25) is 0 Å². The van der Waals surface area contributed by atoms with Crippen molar-refractivity contribution in [3.8, 4) is 17.2 Å². The van der Waals surface area contributed by atoms with Crippen molar-refractivity contribution in [2.75, 3.05) is 6.79 Å². The van der Waals surface area contributed by atoms with Gasteiger partial charge in [-0.1, -0.05) is 12.1 Å². The van der Waals surface area contributed by atoms with E-state index in [4.69, 9.17) is 14.2 Å². The van der Waals surface area contributed by atoms with Gasteiger partial charge >= 0.3 is 0 Å². The van der Waals surface area contributed by atoms with Crippen molar-refractivity contribution in [2.45, 2.75) is 45.3 Å². The van der Waals surface area contributed by atoms with Crippen molar-refractivity contribution in [3.05, 3.63) is 53.1 Å². The van der Waals surface area contributed by atoms with Crippen LogP contribution in [0.5, 0.6) is 17.2 Å². The van der Waals surface area contributed by atoms with Gasteiger partial charge in [0.25, 0.3) is 5.91 Å². The first-order chi connectivity index (χ1) is 12.7. The minimum Gasteiger partial charge on any atom is -0.481 e. The van der Waals surface area contributed by atoms with E-state index in [9.17, 15) is 4.79 Å². The third-order valence-electron chi connectivity index (χ3n) is 4.91. The predicted molar refractivity (Wildman–Crippen MR) is 97.6 cm³/mol. The fourth-order valence-corrected chi connectivity index (χ4v) is 3.42. The largest absolute Gasteiger partial charge is 0.481 e. The summed E-state index contributed by atoms with van der Waals surface area (Å²) in [6, 6.07) is 11.8. The number of carbonyl (C=O) groups is 1. The lowest BCUT2D eigenvalue weighted by Crippen LogP contribution is -2.35. The molecule has 1 atom stereocenters. The Kier molecular flexibility index (Phi) is 4.69. The molecule has 0 fully saturated rings. The zero-order valence-electron chi connectivity index (χ0n) is 14.9. The number of benzene rings is 2. The maximum Gasteiger partial charge on any atom is 0.261 e. The minimum absolute atomic E-state index is 0.139. The smallest absolute Gasteiger partial charge is 0.261 e. The highest BCUT2D eigenvalue weighted by Gasteiger charge is 2.17. The van der Waals surface area contributed by atoms with E-state index in [0.717, 1.165) is 35.7 Å². The van der Waals surface area contributed by atoms with Crippen LogP contribution in [0.1, 0.15) is 36.5 Å². The molecule has 1 aliphatic carbocycles. The number of rotatable bonds is 5. The predicted octanol–water partition coefficient (Wildman–Crippen LogP) is 3.38. The molecule has 4 rings (SSSR count). The van der Waals surface area contributed by atoms with Gasteiger partial charge in [-0.05, 0) is 73.6 Å². The molecule has 0 spiro atoms. The molecule has 1 N–H and O–H groups in total. The molecule has 0 saturated carbocycles. The zero-order chi connectivity index (χ0) is 17.9. The van der Waals surface area contributed by atoms with Crippen molar-refractivity contribution < 1.29 is 19.0 Å². The van der Waals surface area contributed by atoms with Crippen LogP contribution in [0.15, 0.2) is 36.4 Å². The summed E-state index contributed by atoms with van der Waals surface area (Å²) in [5, 5.41) is 2.91. The highest BCUT2D eigenvalue weighted by Crippen LogP contribution is 2.32. The lowest BCUT2D eigenvalue weighted by Gasteiger charge is -2.19. The Hall–Kier alpha value is -2.69. The van der Waals surface area contributed by atoms with E-state index in [1.165, 1.54) is 24.0 Å². The molecule has 2 aromatic carbocycles. The third kappa shape index (κ3) is 3.62. The fourth-order valence-electron chi connectivity index (χ4n) is 3.42. The van der Waals surface area contributed by atoms with Crippen LogP contribution < -0.4 is 19.5 Å². The van der Waals surface area contributed by atoms with Crippen LogP contribution >= 0.6 is 0 Å². The molecule has 1 heterocycles. The zero-order valence-corrected chi connectivity index (χ0v) is 14.9. The number of hydrogen-bond acceptors (Lipinski definition) is 4. The topological polar surface area (TPSA) is 56.8 Å². The first-order valence-electron chi connectivity index (χ1n) is 9.14. The van der Waals surface area contributed by atoms with Crippen LogP contribution in [0.4, 0.5) is 0 Å². The van der Waals surface area contributed by atoms with E-state index in [1.54, 1.807) is 6.92 Å². The van der Waals surface area contributed by atoms with Crippen LogP contribution in [0.3, 0.4) is 0 Å². The number of aryl methyl sites for hydroxylation is 2. The highest BCUT2D eigenvalue weighted by atomic mass is 16.7. The number of ether oxygens (including phenoxy) is 3. The van der Waals surface area contributed by atoms with Crippen molar-refractivity contribution >= 4 is 5.91 Å². The SMILES string of the molecule is CC(Oc1ccc2c(c1)CCCC2)C(=O)NCc1ccc2c(c1)OCO2. The second kappa shape index (κ2) is 7.28. The van der Waals surface area contributed by atoms with Gasteiger partial charge in [0.05, 0.1) is 0 Å². The molecule has 5 heteroatoms. The number of carbonyl (C=O) groups excluding carboxylic acids is 1. The Labute approximate surface area is 153 Å². The van der Waals surface area contributed by atoms with Gasteiger partial charge in [-0.15, -0.1) is 0 Å². The van der Waals surface area contributed by atoms with E-state index >= 15 is 0 Å². The summed E-state index contributed by atoms with van der Waals surface area (Å²) in [7, 11) is 0. The second-order valence-electron chi connectivity index (χ2n) is 6.80. The standard InChI is InChI=1S/C21H23NO4/c1-14(26-18-8-7-16-4-2-3-5-17(16)11-18)21(23)22-12-15-6-9-19-20(10-15)25-13-24-19/h6-11,14H,2-5,12-13H2,1H3,(H,22,23). The summed E-state index contributed by atoms with van der Waals surface area (Å²) in [5.41, 5.74) is 3.72. The van der Waals surface area contributed by atoms with E-state index in [0.29, 0.717) is 6.54 Å². The molecule has 2 aliphatic rings. The maximum atomic E-state index is 12.4. The molecule has 1 unspecified atom stereocenters. The molecule has 0 saturated heterocycles. The van der Waals surface area contributed by atoms with Crippen molar-refractivity contribution in [2.24, 2.45) is 0 Å². The number of nitrogens with one attached hydrogen (secondary N) is 1. The van der Waals surface area contributed by atoms with Crippen molar-refractivity contribution in [3.63, 3.8) is 0 Å². The lowest BCUT2D eigenvalue weighted by atomic mass is 9.92. The molecule has 0 aromatic heterocycles. The van der Waals surface area contributed by atoms with Crippen molar-refractivity contribution in [1.82, 2.24) is 5.32 Å². The van der Waals surface area contributed by atoms with E-state index in [2.05, 4.69) is 17.4 Å². The quantitative estimate of drug-likeness (QED) is 0.895. The Balaban J connectivity index is 1.33. The van der Waals surface area contributed by atoms with E-state index < -0.39 is 6.10 Å². The van der Waals surface area contributed by atoms with Gasteiger partial charge < -0.3 is 19.5 Å². The molecule has 2 aromatic rings. The molecule has 0 radical (unpaired) electrons. The van der Waals surface area contributed by atoms with Crippen LogP contribution in [0, 0.1) is 0 Å². The molecule has 136 valence electrons. The molecule has 5 nitrogen and oxygen atoms in total. The average molecular weight is 353 g/mol. The minimum atomic E-state index is -0.550. The monoisotopic (exact) mass is 353 g/mol. The fraction of sp³-hybridized carbons (Fsp3) is 0.381. The Morgan fingerprint density at radius 3 is 2.77 bits per heavy atom. The highest BCUT2D eigenvalue weighted by molar-refractivity contribution is 5.80. The normalized spacial score (nSPS) is 15.9. The molecular formula is C21H23NO4. The van der Waals surface area contributed by atoms with Gasteiger partial charge in [-0.2, -0.15) is 0 Å². The van der Waals surface area contributed by atoms with Gasteiger partial charge in [0, 0.05) is 6.54 Å². The summed E-state index contributed by atoms with van der Waals surface area (Å²) in [6.07, 6.45) is 4.16. The summed E-state index contributed by atoms with van der Waals surface area (Å²) in [5.74, 6) is 2.08. The Bertz CT molecular complexity index is 818. The molecule has 26 heavy (non-hydrogen) atoms. The molecular weight excluding hydrogens is 330 g/mol. The number of hydrogen-bond donors (Lipinski definition) is 1. The molecule has 1 amide bonds. The second-order valence-corrected chi connectivity index (χ2v) is 6.80. The van der Waals surface area contributed by atoms with Crippen LogP contribution in [-0.2, 0) is 24.2 Å². The van der Waals surface area contributed by atoms with Gasteiger partial charge in [-0.25, -0.2) is 0 Å². The number of fused-ring (bicyclic) bond motifs is 2. The average Bonchev–Trinajstić information content (AvgIpc) is 3.13. The van der Waals surface area contributed by atoms with Crippen LogP contribution in [0.25, 0.3) is 0 Å². The summed E-state index contributed by atoms with van der Waals surface area (Å²) < 4.78 is 16.5. The summed E-state index contributed by atoms with van der Waals surface area (Å²) in [4.78, 5) is 12.4. The van der Waals surface area contributed by atoms with Gasteiger partial charge in [0.2, 0.25) is 6.79 Å². The van der Waals surface area contributed by atoms with Gasteiger partial charge in [0.1, 0.15) is 5.75 Å². The summed E-state index contributed by atoms with van der Waals surface area (Å²) >= 11 is 0. The summed E-state index contributed by atoms with van der Waals surface area (Å²) in [6.45, 7) is 2.44. The lowest BCUT2D eigenvalue weighted by molar-refractivity contribution is -0.127. The van der Waals surface area contributed by atoms with E-state index in [1.807, 2.05) is 24.3 Å². The third-order valence-corrected chi connectivity index (χ3v) is 4.91. The molecule has 0 bridgehead atoms. The van der Waals surface area contributed by atoms with Gasteiger partial charge in [0.15, 0.2) is 17.6 Å². The molecule has 1 aliphatic heterocycles. The van der Waals surface area contributed by atoms with Crippen LogP contribution in [-0.4, -0.2) is 18.8 Å². The number of amides is 1. The van der Waals surface area contributed by atoms with Crippen molar-refractivity contribution in [1.29, 1.82) is 0 Å². The Morgan fingerprint density at radius 2 is 1.88 bits per heavy atom. The first-order valence-corrected chi connectivity index (χ1v) is 9.14. The maximum absolute atomic E-state index is 12.4. The first kappa shape index (κ1) is 16.8.